The lowest BCUT2D eigenvalue weighted by Gasteiger charge is -2.08. The third kappa shape index (κ3) is 2.46. The highest BCUT2D eigenvalue weighted by Gasteiger charge is 2.14. The zero-order chi connectivity index (χ0) is 12.4. The van der Waals surface area contributed by atoms with Crippen LogP contribution in [0.1, 0.15) is 5.56 Å². The van der Waals surface area contributed by atoms with Gasteiger partial charge in [0.25, 0.3) is 0 Å². The minimum Gasteiger partial charge on any atom is -0.423 e. The van der Waals surface area contributed by atoms with E-state index in [4.69, 9.17) is 15.8 Å². The van der Waals surface area contributed by atoms with Crippen LogP contribution in [-0.2, 0) is 0 Å². The van der Waals surface area contributed by atoms with Gasteiger partial charge in [-0.05, 0) is 18.6 Å². The zero-order valence-electron chi connectivity index (χ0n) is 9.46. The third-order valence-corrected chi connectivity index (χ3v) is 2.57. The van der Waals surface area contributed by atoms with E-state index in [-0.39, 0.29) is 0 Å². The zero-order valence-corrected chi connectivity index (χ0v) is 9.46. The maximum atomic E-state index is 9.12. The Morgan fingerprint density at radius 1 is 1.24 bits per heavy atom. The van der Waals surface area contributed by atoms with Crippen molar-refractivity contribution in [2.75, 3.05) is 5.73 Å². The Morgan fingerprint density at radius 3 is 2.65 bits per heavy atom. The van der Waals surface area contributed by atoms with Gasteiger partial charge < -0.3 is 15.8 Å². The molecule has 0 bridgehead atoms. The van der Waals surface area contributed by atoms with Gasteiger partial charge in [-0.2, -0.15) is 0 Å². The van der Waals surface area contributed by atoms with Crippen LogP contribution < -0.4 is 11.2 Å². The van der Waals surface area contributed by atoms with Crippen molar-refractivity contribution in [1.82, 2.24) is 4.98 Å². The summed E-state index contributed by atoms with van der Waals surface area (Å²) in [4.78, 5) is 3.96. The standard InChI is InChI=1S/C12H13BN2O2/c1-8-3-2-4-9(5-8)11-6-10(13(16)17)7-15-12(11)14/h2-7,16-17H,1H3,(H2,14,15). The number of hydrogen-bond donors (Lipinski definition) is 3. The molecule has 86 valence electrons. The van der Waals surface area contributed by atoms with Crippen LogP contribution in [0.2, 0.25) is 0 Å². The molecule has 17 heavy (non-hydrogen) atoms. The van der Waals surface area contributed by atoms with Crippen molar-refractivity contribution in [2.45, 2.75) is 6.92 Å². The molecule has 0 fully saturated rings. The molecule has 0 saturated carbocycles. The summed E-state index contributed by atoms with van der Waals surface area (Å²) in [5.41, 5.74) is 8.86. The molecular weight excluding hydrogens is 215 g/mol. The molecule has 0 amide bonds. The molecule has 0 aliphatic carbocycles. The normalized spacial score (nSPS) is 10.3. The molecular formula is C12H13BN2O2. The molecule has 1 heterocycles. The average Bonchev–Trinajstić information content (AvgIpc) is 2.29. The fourth-order valence-electron chi connectivity index (χ4n) is 1.68. The van der Waals surface area contributed by atoms with E-state index in [0.29, 0.717) is 16.8 Å². The van der Waals surface area contributed by atoms with Crippen LogP contribution in [-0.4, -0.2) is 22.2 Å². The van der Waals surface area contributed by atoms with Crippen molar-refractivity contribution >= 4 is 18.4 Å². The molecule has 1 aromatic carbocycles. The molecule has 0 aliphatic heterocycles. The number of nitrogens with zero attached hydrogens (tertiary/aromatic N) is 1. The largest absolute Gasteiger partial charge is 0.490 e. The Balaban J connectivity index is 2.54. The van der Waals surface area contributed by atoms with Crippen LogP contribution in [0.3, 0.4) is 0 Å². The van der Waals surface area contributed by atoms with E-state index in [2.05, 4.69) is 4.98 Å². The number of hydrogen-bond acceptors (Lipinski definition) is 4. The number of rotatable bonds is 2. The Hall–Kier alpha value is -1.85. The van der Waals surface area contributed by atoms with Crippen LogP contribution in [0.5, 0.6) is 0 Å². The summed E-state index contributed by atoms with van der Waals surface area (Å²) in [5.74, 6) is 0.375. The van der Waals surface area contributed by atoms with Crippen LogP contribution in [0.4, 0.5) is 5.82 Å². The summed E-state index contributed by atoms with van der Waals surface area (Å²) in [6, 6.07) is 9.43. The minimum absolute atomic E-state index is 0.329. The van der Waals surface area contributed by atoms with E-state index < -0.39 is 7.12 Å². The van der Waals surface area contributed by atoms with E-state index in [1.54, 1.807) is 6.07 Å². The average molecular weight is 228 g/mol. The summed E-state index contributed by atoms with van der Waals surface area (Å²) in [5, 5.41) is 18.2. The molecule has 0 aliphatic rings. The van der Waals surface area contributed by atoms with Crippen molar-refractivity contribution in [3.63, 3.8) is 0 Å². The maximum Gasteiger partial charge on any atom is 0.490 e. The number of anilines is 1. The van der Waals surface area contributed by atoms with Crippen LogP contribution >= 0.6 is 0 Å². The summed E-state index contributed by atoms with van der Waals surface area (Å²) < 4.78 is 0. The second-order valence-corrected chi connectivity index (χ2v) is 3.94. The lowest BCUT2D eigenvalue weighted by atomic mass is 9.80. The Labute approximate surface area is 99.9 Å². The predicted molar refractivity (Wildman–Crippen MR) is 68.6 cm³/mol. The van der Waals surface area contributed by atoms with Gasteiger partial charge in [0.05, 0.1) is 0 Å². The SMILES string of the molecule is Cc1cccc(-c2cc(B(O)O)cnc2N)c1. The maximum absolute atomic E-state index is 9.12. The van der Waals surface area contributed by atoms with Gasteiger partial charge in [-0.3, -0.25) is 0 Å². The van der Waals surface area contributed by atoms with Gasteiger partial charge in [-0.25, -0.2) is 4.98 Å². The lowest BCUT2D eigenvalue weighted by molar-refractivity contribution is 0.425. The van der Waals surface area contributed by atoms with Crippen LogP contribution in [0.25, 0.3) is 11.1 Å². The predicted octanol–water partition coefficient (Wildman–Crippen LogP) is 0.319. The smallest absolute Gasteiger partial charge is 0.423 e. The molecule has 0 radical (unpaired) electrons. The van der Waals surface area contributed by atoms with Gasteiger partial charge in [0.15, 0.2) is 0 Å². The Bertz CT molecular complexity index is 544. The van der Waals surface area contributed by atoms with Gasteiger partial charge in [-0.15, -0.1) is 0 Å². The van der Waals surface area contributed by atoms with Gasteiger partial charge in [0.2, 0.25) is 0 Å². The summed E-state index contributed by atoms with van der Waals surface area (Å²) in [6.45, 7) is 1.98. The second kappa shape index (κ2) is 4.57. The van der Waals surface area contributed by atoms with Crippen LogP contribution in [0, 0.1) is 6.92 Å². The number of nitrogen functional groups attached to an aromatic ring is 1. The molecule has 0 spiro atoms. The molecule has 1 aromatic heterocycles. The molecule has 4 N–H and O–H groups in total. The monoisotopic (exact) mass is 228 g/mol. The van der Waals surface area contributed by atoms with Crippen molar-refractivity contribution in [1.29, 1.82) is 0 Å². The highest BCUT2D eigenvalue weighted by Crippen LogP contribution is 2.23. The Kier molecular flexibility index (Phi) is 3.13. The topological polar surface area (TPSA) is 79.4 Å². The van der Waals surface area contributed by atoms with Crippen molar-refractivity contribution in [3.8, 4) is 11.1 Å². The molecule has 0 saturated heterocycles. The molecule has 4 nitrogen and oxygen atoms in total. The highest BCUT2D eigenvalue weighted by atomic mass is 16.4. The van der Waals surface area contributed by atoms with Gasteiger partial charge in [0.1, 0.15) is 5.82 Å². The third-order valence-electron chi connectivity index (χ3n) is 2.57. The lowest BCUT2D eigenvalue weighted by Crippen LogP contribution is -2.30. The molecule has 0 unspecified atom stereocenters. The summed E-state index contributed by atoms with van der Waals surface area (Å²) >= 11 is 0. The first kappa shape index (κ1) is 11.6. The first-order chi connectivity index (χ1) is 8.08. The van der Waals surface area contributed by atoms with E-state index >= 15 is 0 Å². The van der Waals surface area contributed by atoms with E-state index in [9.17, 15) is 0 Å². The summed E-state index contributed by atoms with van der Waals surface area (Å²) in [6.07, 6.45) is 1.36. The fourth-order valence-corrected chi connectivity index (χ4v) is 1.68. The number of aromatic nitrogens is 1. The fraction of sp³-hybridized carbons (Fsp3) is 0.0833. The van der Waals surface area contributed by atoms with Crippen molar-refractivity contribution in [3.05, 3.63) is 42.1 Å². The first-order valence-corrected chi connectivity index (χ1v) is 5.26. The van der Waals surface area contributed by atoms with Crippen LogP contribution in [0.15, 0.2) is 36.5 Å². The van der Waals surface area contributed by atoms with Gasteiger partial charge >= 0.3 is 7.12 Å². The molecule has 5 heteroatoms. The number of nitrogens with two attached hydrogens (primary N) is 1. The molecule has 2 rings (SSSR count). The van der Waals surface area contributed by atoms with E-state index in [1.165, 1.54) is 6.20 Å². The van der Waals surface area contributed by atoms with Crippen molar-refractivity contribution in [2.24, 2.45) is 0 Å². The van der Waals surface area contributed by atoms with Gasteiger partial charge in [-0.1, -0.05) is 29.8 Å². The summed E-state index contributed by atoms with van der Waals surface area (Å²) in [7, 11) is -1.54. The quantitative estimate of drug-likeness (QED) is 0.646. The van der Waals surface area contributed by atoms with Crippen molar-refractivity contribution < 1.29 is 10.0 Å². The number of benzene rings is 1. The minimum atomic E-state index is -1.54. The number of pyridine rings is 1. The second-order valence-electron chi connectivity index (χ2n) is 3.94. The molecule has 0 atom stereocenters. The first-order valence-electron chi connectivity index (χ1n) is 5.26. The molecule has 2 aromatic rings. The van der Waals surface area contributed by atoms with E-state index in [0.717, 1.165) is 11.1 Å². The van der Waals surface area contributed by atoms with Gasteiger partial charge in [0, 0.05) is 17.2 Å². The Morgan fingerprint density at radius 2 is 2.00 bits per heavy atom. The highest BCUT2D eigenvalue weighted by molar-refractivity contribution is 6.58. The van der Waals surface area contributed by atoms with E-state index in [1.807, 2.05) is 31.2 Å². The number of aryl methyl sites for hydroxylation is 1.